The molecular formula is C18H19N5O4S. The number of ether oxygens (including phenoxy) is 2. The minimum absolute atomic E-state index is 0.247. The number of anilines is 1. The van der Waals surface area contributed by atoms with Crippen molar-refractivity contribution < 1.29 is 19.1 Å². The van der Waals surface area contributed by atoms with Crippen LogP contribution in [0.5, 0.6) is 5.75 Å². The number of tetrazole rings is 1. The largest absolute Gasteiger partial charge is 0.495 e. The van der Waals surface area contributed by atoms with Gasteiger partial charge in [0, 0.05) is 10.9 Å². The number of aromatic nitrogens is 4. The van der Waals surface area contributed by atoms with Gasteiger partial charge in [-0.25, -0.2) is 4.79 Å². The first kappa shape index (κ1) is 19.5. The number of nitrogens with zero attached hydrogens (tertiary/aromatic N) is 4. The van der Waals surface area contributed by atoms with Crippen LogP contribution in [0, 0.1) is 6.92 Å². The van der Waals surface area contributed by atoms with E-state index in [1.807, 2.05) is 29.8 Å². The van der Waals surface area contributed by atoms with Crippen LogP contribution in [0.2, 0.25) is 0 Å². The number of thiophene rings is 1. The molecule has 0 bridgehead atoms. The number of rotatable bonds is 7. The molecule has 1 atom stereocenters. The summed E-state index contributed by atoms with van der Waals surface area (Å²) in [5, 5.41) is 18.3. The van der Waals surface area contributed by atoms with Crippen LogP contribution >= 0.6 is 11.3 Å². The highest BCUT2D eigenvalue weighted by molar-refractivity contribution is 7.08. The van der Waals surface area contributed by atoms with E-state index in [4.69, 9.17) is 9.47 Å². The number of carbonyl (C=O) groups excluding carboxylic acids is 2. The Hall–Kier alpha value is -3.27. The van der Waals surface area contributed by atoms with E-state index in [1.54, 1.807) is 12.1 Å². The van der Waals surface area contributed by atoms with E-state index in [2.05, 4.69) is 20.7 Å². The molecule has 10 heteroatoms. The predicted octanol–water partition coefficient (Wildman–Crippen LogP) is 2.29. The van der Waals surface area contributed by atoms with Gasteiger partial charge in [0.15, 0.2) is 12.6 Å². The van der Waals surface area contributed by atoms with Gasteiger partial charge in [-0.15, -0.1) is 10.2 Å². The lowest BCUT2D eigenvalue weighted by molar-refractivity contribution is -0.154. The molecule has 0 unspecified atom stereocenters. The van der Waals surface area contributed by atoms with Crippen molar-refractivity contribution >= 4 is 28.9 Å². The number of benzene rings is 1. The molecule has 2 aromatic heterocycles. The van der Waals surface area contributed by atoms with Gasteiger partial charge >= 0.3 is 5.97 Å². The molecule has 0 aliphatic rings. The van der Waals surface area contributed by atoms with Crippen LogP contribution in [-0.2, 0) is 20.9 Å². The molecular weight excluding hydrogens is 382 g/mol. The van der Waals surface area contributed by atoms with Gasteiger partial charge < -0.3 is 14.8 Å². The lowest BCUT2D eigenvalue weighted by Crippen LogP contribution is -2.31. The topological polar surface area (TPSA) is 108 Å². The second-order valence-electron chi connectivity index (χ2n) is 5.98. The van der Waals surface area contributed by atoms with Crippen molar-refractivity contribution in [1.82, 2.24) is 20.2 Å². The summed E-state index contributed by atoms with van der Waals surface area (Å²) in [7, 11) is 1.51. The molecule has 3 rings (SSSR count). The van der Waals surface area contributed by atoms with E-state index in [9.17, 15) is 9.59 Å². The fourth-order valence-electron chi connectivity index (χ4n) is 2.37. The number of esters is 1. The van der Waals surface area contributed by atoms with Gasteiger partial charge in [-0.2, -0.15) is 16.1 Å². The van der Waals surface area contributed by atoms with Gasteiger partial charge in [0.1, 0.15) is 5.75 Å². The van der Waals surface area contributed by atoms with Crippen LogP contribution in [0.25, 0.3) is 11.4 Å². The molecule has 28 heavy (non-hydrogen) atoms. The van der Waals surface area contributed by atoms with Gasteiger partial charge in [0.2, 0.25) is 5.82 Å². The summed E-state index contributed by atoms with van der Waals surface area (Å²) >= 11 is 1.51. The van der Waals surface area contributed by atoms with E-state index < -0.39 is 18.0 Å². The third-order valence-electron chi connectivity index (χ3n) is 3.79. The monoisotopic (exact) mass is 401 g/mol. The van der Waals surface area contributed by atoms with Crippen LogP contribution in [0.1, 0.15) is 12.5 Å². The van der Waals surface area contributed by atoms with Gasteiger partial charge in [-0.3, -0.25) is 4.79 Å². The lowest BCUT2D eigenvalue weighted by atomic mass is 10.2. The van der Waals surface area contributed by atoms with Crippen molar-refractivity contribution in [1.29, 1.82) is 0 Å². The fraction of sp³-hybridized carbons (Fsp3) is 0.278. The van der Waals surface area contributed by atoms with Crippen LogP contribution in [0.15, 0.2) is 35.0 Å². The van der Waals surface area contributed by atoms with Crippen molar-refractivity contribution in [3.8, 4) is 17.1 Å². The predicted molar refractivity (Wildman–Crippen MR) is 103 cm³/mol. The smallest absolute Gasteiger partial charge is 0.330 e. The number of amides is 1. The Morgan fingerprint density at radius 1 is 1.32 bits per heavy atom. The Bertz CT molecular complexity index is 970. The SMILES string of the molecule is COc1ccc(C)cc1NC(=O)[C@H](C)OC(=O)Cn1nnc(-c2ccsc2)n1. The van der Waals surface area contributed by atoms with E-state index in [1.165, 1.54) is 25.4 Å². The summed E-state index contributed by atoms with van der Waals surface area (Å²) in [5.41, 5.74) is 2.29. The van der Waals surface area contributed by atoms with E-state index in [0.29, 0.717) is 17.3 Å². The molecule has 146 valence electrons. The Morgan fingerprint density at radius 3 is 2.86 bits per heavy atom. The van der Waals surface area contributed by atoms with Gasteiger partial charge in [0.25, 0.3) is 5.91 Å². The molecule has 0 radical (unpaired) electrons. The molecule has 2 heterocycles. The zero-order valence-corrected chi connectivity index (χ0v) is 16.4. The molecule has 0 aliphatic heterocycles. The highest BCUT2D eigenvalue weighted by Gasteiger charge is 2.20. The maximum absolute atomic E-state index is 12.3. The van der Waals surface area contributed by atoms with Crippen molar-refractivity contribution in [3.63, 3.8) is 0 Å². The minimum atomic E-state index is -1.00. The Morgan fingerprint density at radius 2 is 2.14 bits per heavy atom. The average molecular weight is 401 g/mol. The number of aryl methyl sites for hydroxylation is 1. The highest BCUT2D eigenvalue weighted by atomic mass is 32.1. The maximum atomic E-state index is 12.3. The Balaban J connectivity index is 1.57. The number of methoxy groups -OCH3 is 1. The molecule has 0 spiro atoms. The first-order chi connectivity index (χ1) is 13.5. The quantitative estimate of drug-likeness (QED) is 0.605. The number of hydrogen-bond acceptors (Lipinski definition) is 8. The second-order valence-corrected chi connectivity index (χ2v) is 6.76. The first-order valence-electron chi connectivity index (χ1n) is 8.41. The van der Waals surface area contributed by atoms with Gasteiger partial charge in [-0.1, -0.05) is 6.07 Å². The Labute approximate surface area is 165 Å². The van der Waals surface area contributed by atoms with Crippen molar-refractivity contribution in [2.75, 3.05) is 12.4 Å². The molecule has 1 aromatic carbocycles. The molecule has 0 fully saturated rings. The Kier molecular flexibility index (Phi) is 5.99. The molecule has 0 saturated heterocycles. The summed E-state index contributed by atoms with van der Waals surface area (Å²) in [5.74, 6) is -0.174. The van der Waals surface area contributed by atoms with Gasteiger partial charge in [-0.05, 0) is 48.2 Å². The van der Waals surface area contributed by atoms with E-state index in [0.717, 1.165) is 15.9 Å². The number of carbonyl (C=O) groups is 2. The highest BCUT2D eigenvalue weighted by Crippen LogP contribution is 2.25. The second kappa shape index (κ2) is 8.61. The third-order valence-corrected chi connectivity index (χ3v) is 4.48. The summed E-state index contributed by atoms with van der Waals surface area (Å²) in [6.45, 7) is 3.14. The van der Waals surface area contributed by atoms with Crippen molar-refractivity contribution in [2.45, 2.75) is 26.5 Å². The first-order valence-corrected chi connectivity index (χ1v) is 9.36. The lowest BCUT2D eigenvalue weighted by Gasteiger charge is -2.15. The van der Waals surface area contributed by atoms with Crippen LogP contribution in [0.3, 0.4) is 0 Å². The number of hydrogen-bond donors (Lipinski definition) is 1. The zero-order valence-electron chi connectivity index (χ0n) is 15.6. The van der Waals surface area contributed by atoms with E-state index >= 15 is 0 Å². The summed E-state index contributed by atoms with van der Waals surface area (Å²) < 4.78 is 10.4. The normalized spacial score (nSPS) is 11.7. The average Bonchev–Trinajstić information content (AvgIpc) is 3.33. The molecule has 1 N–H and O–H groups in total. The van der Waals surface area contributed by atoms with Crippen molar-refractivity contribution in [2.24, 2.45) is 0 Å². The van der Waals surface area contributed by atoms with Crippen LogP contribution < -0.4 is 10.1 Å². The van der Waals surface area contributed by atoms with Gasteiger partial charge in [0.05, 0.1) is 12.8 Å². The molecule has 9 nitrogen and oxygen atoms in total. The molecule has 1 amide bonds. The fourth-order valence-corrected chi connectivity index (χ4v) is 3.01. The number of nitrogens with one attached hydrogen (secondary N) is 1. The van der Waals surface area contributed by atoms with Crippen LogP contribution in [0.4, 0.5) is 5.69 Å². The third kappa shape index (κ3) is 4.71. The van der Waals surface area contributed by atoms with Crippen LogP contribution in [-0.4, -0.2) is 45.3 Å². The summed E-state index contributed by atoms with van der Waals surface area (Å²) in [6, 6.07) is 7.25. The maximum Gasteiger partial charge on any atom is 0.330 e. The standard InChI is InChI=1S/C18H19N5O4S/c1-11-4-5-15(26-3)14(8-11)19-18(25)12(2)27-16(24)9-23-21-17(20-22-23)13-6-7-28-10-13/h4-8,10,12H,9H2,1-3H3,(H,19,25)/t12-/m0/s1. The summed E-state index contributed by atoms with van der Waals surface area (Å²) in [4.78, 5) is 25.6. The zero-order chi connectivity index (χ0) is 20.1. The molecule has 3 aromatic rings. The minimum Gasteiger partial charge on any atom is -0.495 e. The molecule has 0 aliphatic carbocycles. The van der Waals surface area contributed by atoms with Crippen molar-refractivity contribution in [3.05, 3.63) is 40.6 Å². The summed E-state index contributed by atoms with van der Waals surface area (Å²) in [6.07, 6.45) is -1.00. The molecule has 0 saturated carbocycles. The van der Waals surface area contributed by atoms with E-state index in [-0.39, 0.29) is 6.54 Å².